The minimum atomic E-state index is -3.35. The van der Waals surface area contributed by atoms with Crippen molar-refractivity contribution in [2.75, 3.05) is 5.32 Å². The topological polar surface area (TPSA) is 89.0 Å². The maximum atomic E-state index is 13.6. The van der Waals surface area contributed by atoms with Gasteiger partial charge in [-0.3, -0.25) is 10.1 Å². The number of rotatable bonds is 6. The molecule has 6 nitrogen and oxygen atoms in total. The lowest BCUT2D eigenvalue weighted by Gasteiger charge is -2.11. The van der Waals surface area contributed by atoms with Crippen LogP contribution in [0.25, 0.3) is 5.57 Å². The van der Waals surface area contributed by atoms with Crippen LogP contribution in [0.1, 0.15) is 37.1 Å². The van der Waals surface area contributed by atoms with Crippen molar-refractivity contribution in [1.82, 2.24) is 9.36 Å². The predicted molar refractivity (Wildman–Crippen MR) is 110 cm³/mol. The largest absolute Gasteiger partial charge is 0.297 e. The molecule has 1 N–H and O–H groups in total. The SMILES string of the molecule is Cc1nsc(NC(=O)C(=CC2C[C@@H](F)[C@@H](F)C2)c2ccc(S(=O)(=O)C3CC3)cc2)n1. The van der Waals surface area contributed by atoms with E-state index in [4.69, 9.17) is 0 Å². The minimum absolute atomic E-state index is 0.00397. The van der Waals surface area contributed by atoms with Gasteiger partial charge in [-0.05, 0) is 56.2 Å². The van der Waals surface area contributed by atoms with Gasteiger partial charge in [-0.2, -0.15) is 4.37 Å². The molecule has 160 valence electrons. The van der Waals surface area contributed by atoms with Crippen molar-refractivity contribution in [1.29, 1.82) is 0 Å². The molecule has 0 radical (unpaired) electrons. The first kappa shape index (κ1) is 21.0. The van der Waals surface area contributed by atoms with Gasteiger partial charge in [0, 0.05) is 17.1 Å². The zero-order valence-corrected chi connectivity index (χ0v) is 17.8. The van der Waals surface area contributed by atoms with Crippen LogP contribution >= 0.6 is 11.5 Å². The van der Waals surface area contributed by atoms with E-state index < -0.39 is 34.0 Å². The Balaban J connectivity index is 1.63. The van der Waals surface area contributed by atoms with Crippen molar-refractivity contribution in [3.05, 3.63) is 41.7 Å². The molecule has 1 unspecified atom stereocenters. The number of hydrogen-bond acceptors (Lipinski definition) is 6. The van der Waals surface area contributed by atoms with Crippen molar-refractivity contribution in [3.8, 4) is 0 Å². The number of halogens is 2. The molecular weight excluding hydrogens is 432 g/mol. The Bertz CT molecular complexity index is 1070. The summed E-state index contributed by atoms with van der Waals surface area (Å²) < 4.78 is 56.1. The number of nitrogens with zero attached hydrogens (tertiary/aromatic N) is 2. The second-order valence-corrected chi connectivity index (χ2v) is 10.7. The van der Waals surface area contributed by atoms with Gasteiger partial charge < -0.3 is 0 Å². The number of sulfone groups is 1. The summed E-state index contributed by atoms with van der Waals surface area (Å²) in [6.45, 7) is 1.70. The summed E-state index contributed by atoms with van der Waals surface area (Å²) in [5.41, 5.74) is 0.700. The number of aryl methyl sites for hydroxylation is 1. The quantitative estimate of drug-likeness (QED) is 0.671. The highest BCUT2D eigenvalue weighted by Crippen LogP contribution is 2.36. The summed E-state index contributed by atoms with van der Waals surface area (Å²) in [6, 6.07) is 6.06. The summed E-state index contributed by atoms with van der Waals surface area (Å²) in [4.78, 5) is 17.2. The summed E-state index contributed by atoms with van der Waals surface area (Å²) in [5.74, 6) is -0.393. The fraction of sp³-hybridized carbons (Fsp3) is 0.450. The molecule has 2 aliphatic carbocycles. The third-order valence-corrected chi connectivity index (χ3v) is 8.30. The van der Waals surface area contributed by atoms with Crippen molar-refractivity contribution in [2.45, 2.75) is 55.1 Å². The van der Waals surface area contributed by atoms with Crippen LogP contribution in [-0.4, -0.2) is 41.3 Å². The maximum absolute atomic E-state index is 13.6. The first-order valence-electron chi connectivity index (χ1n) is 9.70. The molecule has 0 saturated heterocycles. The van der Waals surface area contributed by atoms with Gasteiger partial charge in [0.05, 0.1) is 10.1 Å². The summed E-state index contributed by atoms with van der Waals surface area (Å²) in [6.07, 6.45) is -0.196. The lowest BCUT2D eigenvalue weighted by atomic mass is 9.98. The van der Waals surface area contributed by atoms with E-state index in [0.717, 1.165) is 11.5 Å². The maximum Gasteiger partial charge on any atom is 0.257 e. The van der Waals surface area contributed by atoms with Gasteiger partial charge in [0.15, 0.2) is 9.84 Å². The monoisotopic (exact) mass is 453 g/mol. The normalized spacial score (nSPS) is 24.8. The third-order valence-electron chi connectivity index (χ3n) is 5.30. The average Bonchev–Trinajstić information content (AvgIpc) is 3.42. The summed E-state index contributed by atoms with van der Waals surface area (Å²) in [7, 11) is -3.35. The van der Waals surface area contributed by atoms with Gasteiger partial charge in [-0.15, -0.1) is 0 Å². The van der Waals surface area contributed by atoms with E-state index in [2.05, 4.69) is 14.7 Å². The zero-order chi connectivity index (χ0) is 21.5. The Morgan fingerprint density at radius 1 is 1.17 bits per heavy atom. The fourth-order valence-electron chi connectivity index (χ4n) is 3.55. The first-order valence-corrected chi connectivity index (χ1v) is 12.0. The zero-order valence-electron chi connectivity index (χ0n) is 16.2. The number of hydrogen-bond donors (Lipinski definition) is 1. The predicted octanol–water partition coefficient (Wildman–Crippen LogP) is 3.89. The van der Waals surface area contributed by atoms with E-state index in [1.807, 2.05) is 0 Å². The van der Waals surface area contributed by atoms with Gasteiger partial charge in [0.25, 0.3) is 5.91 Å². The number of allylic oxidation sites excluding steroid dienone is 1. The standard InChI is InChI=1S/C20H21F2N3O3S2/c1-11-23-20(29-25-11)24-19(26)16(8-12-9-17(21)18(22)10-12)13-2-4-14(5-3-13)30(27,28)15-6-7-15/h2-5,8,12,15,17-18H,6-7,9-10H2,1H3,(H,23,24,25,26)/t12?,17-,18+. The molecule has 2 saturated carbocycles. The van der Waals surface area contributed by atoms with Crippen LogP contribution in [0.5, 0.6) is 0 Å². The number of carbonyl (C=O) groups is 1. The molecule has 10 heteroatoms. The molecule has 3 atom stereocenters. The first-order chi connectivity index (χ1) is 14.2. The molecule has 1 amide bonds. The highest BCUT2D eigenvalue weighted by molar-refractivity contribution is 7.92. The third kappa shape index (κ3) is 4.44. The Morgan fingerprint density at radius 3 is 2.33 bits per heavy atom. The molecule has 1 heterocycles. The molecule has 1 aromatic heterocycles. The lowest BCUT2D eigenvalue weighted by Crippen LogP contribution is -2.15. The number of amides is 1. The number of anilines is 1. The smallest absolute Gasteiger partial charge is 0.257 e. The van der Waals surface area contributed by atoms with Crippen molar-refractivity contribution in [2.24, 2.45) is 5.92 Å². The minimum Gasteiger partial charge on any atom is -0.297 e. The summed E-state index contributed by atoms with van der Waals surface area (Å²) in [5, 5.41) is 2.65. The van der Waals surface area contributed by atoms with Crippen LogP contribution in [0.3, 0.4) is 0 Å². The highest BCUT2D eigenvalue weighted by atomic mass is 32.2. The van der Waals surface area contributed by atoms with E-state index in [0.29, 0.717) is 29.4 Å². The van der Waals surface area contributed by atoms with Crippen molar-refractivity contribution >= 4 is 38.0 Å². The van der Waals surface area contributed by atoms with E-state index >= 15 is 0 Å². The Hall–Kier alpha value is -2.20. The molecule has 0 aliphatic heterocycles. The molecule has 0 spiro atoms. The Labute approximate surface area is 177 Å². The highest BCUT2D eigenvalue weighted by Gasteiger charge is 2.37. The number of alkyl halides is 2. The molecule has 2 aromatic rings. The molecule has 4 rings (SSSR count). The number of benzene rings is 1. The van der Waals surface area contributed by atoms with Crippen LogP contribution in [0.2, 0.25) is 0 Å². The summed E-state index contributed by atoms with van der Waals surface area (Å²) >= 11 is 1.03. The van der Waals surface area contributed by atoms with E-state index in [9.17, 15) is 22.0 Å². The van der Waals surface area contributed by atoms with Crippen LogP contribution < -0.4 is 5.32 Å². The number of carbonyl (C=O) groups excluding carboxylic acids is 1. The van der Waals surface area contributed by atoms with Crippen LogP contribution in [-0.2, 0) is 14.6 Å². The fourth-order valence-corrected chi connectivity index (χ4v) is 5.78. The number of aromatic nitrogens is 2. The molecule has 2 aliphatic rings. The second kappa shape index (κ2) is 8.14. The van der Waals surface area contributed by atoms with Crippen LogP contribution in [0.15, 0.2) is 35.2 Å². The van der Waals surface area contributed by atoms with Gasteiger partial charge >= 0.3 is 0 Å². The van der Waals surface area contributed by atoms with Gasteiger partial charge in [-0.25, -0.2) is 22.2 Å². The molecule has 2 fully saturated rings. The second-order valence-electron chi connectivity index (χ2n) is 7.71. The van der Waals surface area contributed by atoms with E-state index in [1.165, 1.54) is 12.1 Å². The van der Waals surface area contributed by atoms with E-state index in [1.54, 1.807) is 25.1 Å². The van der Waals surface area contributed by atoms with Crippen LogP contribution in [0.4, 0.5) is 13.9 Å². The number of nitrogens with one attached hydrogen (secondary N) is 1. The average molecular weight is 454 g/mol. The van der Waals surface area contributed by atoms with Crippen molar-refractivity contribution in [3.63, 3.8) is 0 Å². The molecule has 30 heavy (non-hydrogen) atoms. The Kier molecular flexibility index (Phi) is 5.71. The van der Waals surface area contributed by atoms with Gasteiger partial charge in [0.1, 0.15) is 18.2 Å². The van der Waals surface area contributed by atoms with Gasteiger partial charge in [-0.1, -0.05) is 18.2 Å². The molecule has 0 bridgehead atoms. The molecule has 1 aromatic carbocycles. The van der Waals surface area contributed by atoms with E-state index in [-0.39, 0.29) is 28.6 Å². The molecular formula is C20H21F2N3O3S2. The van der Waals surface area contributed by atoms with Crippen molar-refractivity contribution < 1.29 is 22.0 Å². The van der Waals surface area contributed by atoms with Gasteiger partial charge in [0.2, 0.25) is 5.13 Å². The lowest BCUT2D eigenvalue weighted by molar-refractivity contribution is -0.111. The Morgan fingerprint density at radius 2 is 1.80 bits per heavy atom. The van der Waals surface area contributed by atoms with Crippen LogP contribution in [0, 0.1) is 12.8 Å².